The van der Waals surface area contributed by atoms with Crippen molar-refractivity contribution in [1.29, 1.82) is 0 Å². The van der Waals surface area contributed by atoms with Gasteiger partial charge in [-0.25, -0.2) is 0 Å². The minimum absolute atomic E-state index is 0.117. The van der Waals surface area contributed by atoms with Crippen molar-refractivity contribution in [2.24, 2.45) is 35.5 Å². The summed E-state index contributed by atoms with van der Waals surface area (Å²) in [5, 5.41) is 2.97. The van der Waals surface area contributed by atoms with E-state index in [1.54, 1.807) is 12.1 Å². The van der Waals surface area contributed by atoms with Crippen LogP contribution in [0.2, 0.25) is 0 Å². The molecule has 1 N–H and O–H groups in total. The number of hydrogen-bond donors (Lipinski definition) is 1. The number of nitrogens with one attached hydrogen (secondary N) is 1. The molecule has 2 bridgehead atoms. The van der Waals surface area contributed by atoms with Crippen LogP contribution in [0.15, 0.2) is 84.9 Å². The van der Waals surface area contributed by atoms with Crippen molar-refractivity contribution < 1.29 is 19.1 Å². The Bertz CT molecular complexity index is 1470. The Hall–Kier alpha value is -4.19. The van der Waals surface area contributed by atoms with Crippen molar-refractivity contribution in [2.75, 3.05) is 5.32 Å². The van der Waals surface area contributed by atoms with Gasteiger partial charge in [-0.3, -0.25) is 19.3 Å². The van der Waals surface area contributed by atoms with Crippen LogP contribution < -0.4 is 10.1 Å². The lowest BCUT2D eigenvalue weighted by Gasteiger charge is -2.37. The predicted octanol–water partition coefficient (Wildman–Crippen LogP) is 5.70. The quantitative estimate of drug-likeness (QED) is 0.313. The van der Waals surface area contributed by atoms with Gasteiger partial charge in [-0.1, -0.05) is 60.7 Å². The SMILES string of the molecule is Cc1cccc(C)c1Oc1ccc(NC(=O)[C@H](Cc2ccccc2)N2C(=O)[C@@H]3[C@H]4C=C[C@@H]([C@@H]5C[C@H]45)[C@H]3C2=O)cc1. The Kier molecular flexibility index (Phi) is 5.88. The number of likely N-dealkylation sites (tertiary alicyclic amines) is 1. The van der Waals surface area contributed by atoms with E-state index < -0.39 is 6.04 Å². The van der Waals surface area contributed by atoms with Crippen LogP contribution >= 0.6 is 0 Å². The van der Waals surface area contributed by atoms with Crippen molar-refractivity contribution in [1.82, 2.24) is 4.90 Å². The van der Waals surface area contributed by atoms with Crippen LogP contribution in [0.3, 0.4) is 0 Å². The van der Waals surface area contributed by atoms with Gasteiger partial charge >= 0.3 is 0 Å². The molecule has 1 aliphatic heterocycles. The lowest BCUT2D eigenvalue weighted by Crippen LogP contribution is -2.49. The van der Waals surface area contributed by atoms with E-state index in [-0.39, 0.29) is 47.8 Å². The monoisotopic (exact) mass is 532 g/mol. The number of carbonyl (C=O) groups is 3. The first kappa shape index (κ1) is 24.8. The van der Waals surface area contributed by atoms with E-state index in [2.05, 4.69) is 17.5 Å². The molecule has 0 unspecified atom stereocenters. The third kappa shape index (κ3) is 4.05. The summed E-state index contributed by atoms with van der Waals surface area (Å²) in [6.07, 6.45) is 5.69. The molecule has 40 heavy (non-hydrogen) atoms. The third-order valence-electron chi connectivity index (χ3n) is 9.33. The van der Waals surface area contributed by atoms with Crippen LogP contribution in [0, 0.1) is 49.4 Å². The molecular formula is C34H32N2O4. The first-order valence-corrected chi connectivity index (χ1v) is 14.1. The molecule has 3 fully saturated rings. The maximum absolute atomic E-state index is 13.8. The standard InChI is InChI=1S/C34H32N2O4/c1-19-7-6-8-20(2)31(19)40-23-13-11-22(12-14-23)35-32(37)28(17-21-9-4-3-5-10-21)36-33(38)29-24-15-16-25(27-18-26(24)27)30(29)34(36)39/h3-16,24-30H,17-18H2,1-2H3,(H,35,37)/t24-,25-,26-,27+,28-,29+,30+/m0/s1. The summed E-state index contributed by atoms with van der Waals surface area (Å²) in [6.45, 7) is 4.01. The Labute approximate surface area is 234 Å². The number of para-hydroxylation sites is 1. The Balaban J connectivity index is 1.13. The van der Waals surface area contributed by atoms with Gasteiger partial charge < -0.3 is 10.1 Å². The summed E-state index contributed by atoms with van der Waals surface area (Å²) in [6, 6.07) is 21.9. The summed E-state index contributed by atoms with van der Waals surface area (Å²) >= 11 is 0. The van der Waals surface area contributed by atoms with Gasteiger partial charge in [0, 0.05) is 12.1 Å². The van der Waals surface area contributed by atoms with Crippen molar-refractivity contribution in [3.63, 3.8) is 0 Å². The highest BCUT2D eigenvalue weighted by Gasteiger charge is 2.67. The second-order valence-corrected chi connectivity index (χ2v) is 11.7. The molecule has 202 valence electrons. The van der Waals surface area contributed by atoms with Gasteiger partial charge in [-0.05, 0) is 84.9 Å². The van der Waals surface area contributed by atoms with Crippen LogP contribution in [-0.2, 0) is 20.8 Å². The highest BCUT2D eigenvalue weighted by Crippen LogP contribution is 2.65. The molecule has 6 nitrogen and oxygen atoms in total. The van der Waals surface area contributed by atoms with E-state index >= 15 is 0 Å². The molecule has 7 atom stereocenters. The Morgan fingerprint density at radius 1 is 0.850 bits per heavy atom. The molecule has 3 aromatic rings. The fourth-order valence-electron chi connectivity index (χ4n) is 7.34. The Morgan fingerprint density at radius 2 is 1.45 bits per heavy atom. The van der Waals surface area contributed by atoms with Gasteiger partial charge in [0.05, 0.1) is 11.8 Å². The maximum Gasteiger partial charge on any atom is 0.248 e. The highest BCUT2D eigenvalue weighted by molar-refractivity contribution is 6.10. The zero-order valence-electron chi connectivity index (χ0n) is 22.6. The fraction of sp³-hybridized carbons (Fsp3) is 0.324. The lowest BCUT2D eigenvalue weighted by molar-refractivity contribution is -0.146. The number of carbonyl (C=O) groups excluding carboxylic acids is 3. The van der Waals surface area contributed by atoms with E-state index in [1.807, 2.05) is 74.5 Å². The van der Waals surface area contributed by atoms with E-state index in [0.717, 1.165) is 28.9 Å². The summed E-state index contributed by atoms with van der Waals surface area (Å²) in [7, 11) is 0. The van der Waals surface area contributed by atoms with Crippen LogP contribution in [0.5, 0.6) is 11.5 Å². The zero-order valence-corrected chi connectivity index (χ0v) is 22.6. The van der Waals surface area contributed by atoms with Gasteiger partial charge in [0.15, 0.2) is 0 Å². The Morgan fingerprint density at radius 3 is 2.05 bits per heavy atom. The number of allylic oxidation sites excluding steroid dienone is 2. The average molecular weight is 533 g/mol. The van der Waals surface area contributed by atoms with Gasteiger partial charge in [-0.15, -0.1) is 0 Å². The van der Waals surface area contributed by atoms with E-state index in [1.165, 1.54) is 4.90 Å². The minimum atomic E-state index is -0.922. The second-order valence-electron chi connectivity index (χ2n) is 11.7. The minimum Gasteiger partial charge on any atom is -0.457 e. The number of benzene rings is 3. The highest BCUT2D eigenvalue weighted by atomic mass is 16.5. The molecule has 3 aromatic carbocycles. The number of anilines is 1. The molecule has 1 heterocycles. The van der Waals surface area contributed by atoms with Crippen LogP contribution in [0.1, 0.15) is 23.1 Å². The molecule has 6 heteroatoms. The van der Waals surface area contributed by atoms with Gasteiger partial charge in [0.2, 0.25) is 17.7 Å². The fourth-order valence-corrected chi connectivity index (χ4v) is 7.34. The molecule has 1 saturated heterocycles. The first-order valence-electron chi connectivity index (χ1n) is 14.1. The lowest BCUT2D eigenvalue weighted by atomic mass is 9.63. The van der Waals surface area contributed by atoms with Crippen molar-refractivity contribution >= 4 is 23.4 Å². The molecule has 3 amide bonds. The molecule has 0 aromatic heterocycles. The summed E-state index contributed by atoms with van der Waals surface area (Å²) in [4.78, 5) is 42.8. The molecule has 4 aliphatic carbocycles. The number of ether oxygens (including phenoxy) is 1. The third-order valence-corrected chi connectivity index (χ3v) is 9.33. The van der Waals surface area contributed by atoms with Gasteiger partial charge in [0.1, 0.15) is 17.5 Å². The van der Waals surface area contributed by atoms with Gasteiger partial charge in [0.25, 0.3) is 0 Å². The van der Waals surface area contributed by atoms with Crippen LogP contribution in [0.25, 0.3) is 0 Å². The first-order chi connectivity index (χ1) is 19.4. The van der Waals surface area contributed by atoms with E-state index in [0.29, 0.717) is 23.3 Å². The summed E-state index contributed by atoms with van der Waals surface area (Å²) in [5.74, 6) is 1.33. The topological polar surface area (TPSA) is 75.7 Å². The average Bonchev–Trinajstić information content (AvgIpc) is 3.74. The normalized spacial score (nSPS) is 28.2. The largest absolute Gasteiger partial charge is 0.457 e. The molecular weight excluding hydrogens is 500 g/mol. The van der Waals surface area contributed by atoms with Crippen LogP contribution in [0.4, 0.5) is 5.69 Å². The smallest absolute Gasteiger partial charge is 0.248 e. The zero-order chi connectivity index (χ0) is 27.5. The van der Waals surface area contributed by atoms with E-state index in [4.69, 9.17) is 4.74 Å². The second kappa shape index (κ2) is 9.47. The molecule has 0 radical (unpaired) electrons. The van der Waals surface area contributed by atoms with Crippen molar-refractivity contribution in [2.45, 2.75) is 32.7 Å². The number of amides is 3. The molecule has 8 rings (SSSR count). The van der Waals surface area contributed by atoms with E-state index in [9.17, 15) is 14.4 Å². The molecule has 5 aliphatic rings. The summed E-state index contributed by atoms with van der Waals surface area (Å²) < 4.78 is 6.11. The maximum atomic E-state index is 13.8. The van der Waals surface area contributed by atoms with Crippen LogP contribution in [-0.4, -0.2) is 28.7 Å². The van der Waals surface area contributed by atoms with Crippen molar-refractivity contribution in [3.8, 4) is 11.5 Å². The van der Waals surface area contributed by atoms with Gasteiger partial charge in [-0.2, -0.15) is 0 Å². The number of rotatable bonds is 7. The predicted molar refractivity (Wildman–Crippen MR) is 152 cm³/mol. The number of imide groups is 1. The number of aryl methyl sites for hydroxylation is 2. The van der Waals surface area contributed by atoms with Crippen molar-refractivity contribution in [3.05, 3.63) is 102 Å². The molecule has 0 spiro atoms. The molecule has 2 saturated carbocycles. The summed E-state index contributed by atoms with van der Waals surface area (Å²) in [5.41, 5.74) is 3.57. The number of hydrogen-bond acceptors (Lipinski definition) is 4. The number of nitrogens with zero attached hydrogens (tertiary/aromatic N) is 1.